The summed E-state index contributed by atoms with van der Waals surface area (Å²) in [5, 5.41) is 14.0. The molecule has 2 N–H and O–H groups in total. The zero-order chi connectivity index (χ0) is 29.5. The van der Waals surface area contributed by atoms with Crippen LogP contribution >= 0.6 is 0 Å². The minimum absolute atomic E-state index is 0.0737. The normalized spacial score (nSPS) is 26.6. The van der Waals surface area contributed by atoms with Crippen LogP contribution < -0.4 is 15.0 Å². The van der Waals surface area contributed by atoms with Crippen LogP contribution in [0.5, 0.6) is 11.8 Å². The third kappa shape index (κ3) is 4.29. The van der Waals surface area contributed by atoms with Gasteiger partial charge >= 0.3 is 6.01 Å². The number of nitrogens with one attached hydrogen (secondary N) is 1. The second-order valence-electron chi connectivity index (χ2n) is 12.0. The molecular formula is C31H28F4N6O2. The summed E-state index contributed by atoms with van der Waals surface area (Å²) in [6.07, 6.45) is 6.67. The molecule has 4 aliphatic rings. The van der Waals surface area contributed by atoms with E-state index in [-0.39, 0.29) is 52.3 Å². The van der Waals surface area contributed by atoms with Gasteiger partial charge in [-0.25, -0.2) is 17.6 Å². The van der Waals surface area contributed by atoms with Crippen molar-refractivity contribution >= 4 is 27.5 Å². The van der Waals surface area contributed by atoms with Gasteiger partial charge in [-0.15, -0.1) is 0 Å². The van der Waals surface area contributed by atoms with Gasteiger partial charge in [-0.3, -0.25) is 9.88 Å². The maximum absolute atomic E-state index is 16.5. The van der Waals surface area contributed by atoms with E-state index in [1.54, 1.807) is 0 Å². The number of fused-ring (bicyclic) bond motifs is 5. The van der Waals surface area contributed by atoms with Crippen molar-refractivity contribution in [1.82, 2.24) is 25.2 Å². The molecule has 0 spiro atoms. The molecule has 2 aromatic heterocycles. The summed E-state index contributed by atoms with van der Waals surface area (Å²) in [6, 6.07) is 5.02. The van der Waals surface area contributed by atoms with Gasteiger partial charge in [0.1, 0.15) is 35.6 Å². The van der Waals surface area contributed by atoms with Crippen molar-refractivity contribution in [2.45, 2.75) is 43.1 Å². The summed E-state index contributed by atoms with van der Waals surface area (Å²) in [5.41, 5.74) is -1.40. The fourth-order valence-corrected chi connectivity index (χ4v) is 7.32. The Labute approximate surface area is 244 Å². The number of phenolic OH excluding ortho intramolecular Hbond substituents is 1. The van der Waals surface area contributed by atoms with Gasteiger partial charge in [-0.05, 0) is 54.4 Å². The number of nitrogens with zero attached hydrogens (tertiary/aromatic N) is 5. The lowest BCUT2D eigenvalue weighted by Gasteiger charge is -2.34. The SMILES string of the molecule is Oc1ccc2c(-c3ncc4c(N5CC6C=CC(C5)N6)nc(OCC56CCCN5C[C@H](F)C6)nc4c3F)c(F)c(F)cc2c1. The van der Waals surface area contributed by atoms with Crippen LogP contribution in [0.1, 0.15) is 19.3 Å². The summed E-state index contributed by atoms with van der Waals surface area (Å²) in [7, 11) is 0. The molecule has 3 unspecified atom stereocenters. The topological polar surface area (TPSA) is 86.6 Å². The van der Waals surface area contributed by atoms with E-state index >= 15 is 8.78 Å². The zero-order valence-electron chi connectivity index (χ0n) is 23.0. The van der Waals surface area contributed by atoms with E-state index < -0.39 is 34.9 Å². The fraction of sp³-hybridized carbons (Fsp3) is 0.387. The van der Waals surface area contributed by atoms with E-state index in [9.17, 15) is 13.9 Å². The largest absolute Gasteiger partial charge is 0.508 e. The molecule has 43 heavy (non-hydrogen) atoms. The molecule has 4 aromatic rings. The molecule has 4 aliphatic heterocycles. The number of halogens is 4. The van der Waals surface area contributed by atoms with Gasteiger partial charge in [-0.1, -0.05) is 12.2 Å². The first-order chi connectivity index (χ1) is 20.8. The van der Waals surface area contributed by atoms with Crippen LogP contribution in [-0.4, -0.2) is 81.5 Å². The lowest BCUT2D eigenvalue weighted by Crippen LogP contribution is -2.52. The van der Waals surface area contributed by atoms with E-state index in [1.165, 1.54) is 24.4 Å². The number of aromatic nitrogens is 3. The predicted octanol–water partition coefficient (Wildman–Crippen LogP) is 4.64. The third-order valence-electron chi connectivity index (χ3n) is 9.26. The van der Waals surface area contributed by atoms with E-state index in [0.717, 1.165) is 25.5 Å². The Morgan fingerprint density at radius 3 is 2.65 bits per heavy atom. The van der Waals surface area contributed by atoms with E-state index in [4.69, 9.17) is 9.72 Å². The molecule has 222 valence electrons. The van der Waals surface area contributed by atoms with Gasteiger partial charge in [0.25, 0.3) is 0 Å². The summed E-state index contributed by atoms with van der Waals surface area (Å²) < 4.78 is 67.1. The second-order valence-corrected chi connectivity index (χ2v) is 12.0. The highest BCUT2D eigenvalue weighted by Gasteiger charge is 2.49. The number of piperazine rings is 1. The molecule has 2 aromatic carbocycles. The molecular weight excluding hydrogens is 564 g/mol. The molecule has 0 amide bonds. The van der Waals surface area contributed by atoms with Gasteiger partial charge in [0.15, 0.2) is 17.5 Å². The number of benzene rings is 2. The van der Waals surface area contributed by atoms with Gasteiger partial charge < -0.3 is 20.1 Å². The van der Waals surface area contributed by atoms with Crippen LogP contribution in [0.3, 0.4) is 0 Å². The van der Waals surface area contributed by atoms with Crippen LogP contribution in [0.15, 0.2) is 42.6 Å². The molecule has 0 aliphatic carbocycles. The second kappa shape index (κ2) is 9.75. The molecule has 12 heteroatoms. The number of alkyl halides is 1. The maximum Gasteiger partial charge on any atom is 0.319 e. The van der Waals surface area contributed by atoms with Crippen LogP contribution in [0.2, 0.25) is 0 Å². The van der Waals surface area contributed by atoms with Crippen LogP contribution in [0, 0.1) is 17.5 Å². The number of anilines is 1. The van der Waals surface area contributed by atoms with Crippen LogP contribution in [0.4, 0.5) is 23.4 Å². The molecule has 4 atom stereocenters. The molecule has 6 heterocycles. The highest BCUT2D eigenvalue weighted by atomic mass is 19.2. The summed E-state index contributed by atoms with van der Waals surface area (Å²) in [6.45, 7) is 2.43. The van der Waals surface area contributed by atoms with Crippen LogP contribution in [0.25, 0.3) is 32.9 Å². The molecule has 3 saturated heterocycles. The highest BCUT2D eigenvalue weighted by molar-refractivity contribution is 5.99. The van der Waals surface area contributed by atoms with Gasteiger partial charge in [0, 0.05) is 49.9 Å². The molecule has 2 bridgehead atoms. The first-order valence-electron chi connectivity index (χ1n) is 14.5. The fourth-order valence-electron chi connectivity index (χ4n) is 7.32. The maximum atomic E-state index is 16.5. The number of phenols is 1. The first-order valence-corrected chi connectivity index (χ1v) is 14.5. The zero-order valence-corrected chi connectivity index (χ0v) is 23.0. The first kappa shape index (κ1) is 26.6. The average molecular weight is 593 g/mol. The predicted molar refractivity (Wildman–Crippen MR) is 152 cm³/mol. The molecule has 3 fully saturated rings. The number of aromatic hydroxyl groups is 1. The minimum Gasteiger partial charge on any atom is -0.508 e. The van der Waals surface area contributed by atoms with Gasteiger partial charge in [0.05, 0.1) is 10.9 Å². The van der Waals surface area contributed by atoms with Crippen molar-refractivity contribution in [3.8, 4) is 23.0 Å². The molecule has 8 nitrogen and oxygen atoms in total. The van der Waals surface area contributed by atoms with E-state index in [0.29, 0.717) is 37.3 Å². The monoisotopic (exact) mass is 592 g/mol. The van der Waals surface area contributed by atoms with Crippen molar-refractivity contribution in [2.24, 2.45) is 0 Å². The van der Waals surface area contributed by atoms with Gasteiger partial charge in [0.2, 0.25) is 0 Å². The Kier molecular flexibility index (Phi) is 6.03. The third-order valence-corrected chi connectivity index (χ3v) is 9.26. The Hall–Kier alpha value is -4.03. The van der Waals surface area contributed by atoms with Gasteiger partial charge in [-0.2, -0.15) is 9.97 Å². The summed E-state index contributed by atoms with van der Waals surface area (Å²) >= 11 is 0. The number of hydrogen-bond acceptors (Lipinski definition) is 8. The summed E-state index contributed by atoms with van der Waals surface area (Å²) in [4.78, 5) is 17.5. The Morgan fingerprint density at radius 1 is 1.02 bits per heavy atom. The summed E-state index contributed by atoms with van der Waals surface area (Å²) in [5.74, 6) is -3.14. The van der Waals surface area contributed by atoms with Crippen molar-refractivity contribution in [2.75, 3.05) is 37.7 Å². The standard InChI is InChI=1S/C31H28F4N6O2/c32-17-10-31(6-1-7-41(31)12-17)15-43-30-38-27-22(29(39-30)40-13-18-2-3-19(14-40)37-18)11-36-28(26(27)35)24-21-5-4-20(42)8-16(21)9-23(33)25(24)34/h2-5,8-9,11,17-19,37,42H,1,6-7,10,12-15H2/t17-,18?,19?,31?/m1/s1. The van der Waals surface area contributed by atoms with Crippen molar-refractivity contribution in [3.05, 3.63) is 60.1 Å². The quantitative estimate of drug-likeness (QED) is 0.256. The lowest BCUT2D eigenvalue weighted by atomic mass is 9.95. The lowest BCUT2D eigenvalue weighted by molar-refractivity contribution is 0.107. The molecule has 0 radical (unpaired) electrons. The molecule has 8 rings (SSSR count). The number of pyridine rings is 1. The van der Waals surface area contributed by atoms with Crippen molar-refractivity contribution in [1.29, 1.82) is 0 Å². The van der Waals surface area contributed by atoms with Crippen molar-refractivity contribution < 1.29 is 27.4 Å². The average Bonchev–Trinajstić information content (AvgIpc) is 3.63. The smallest absolute Gasteiger partial charge is 0.319 e. The Balaban J connectivity index is 1.27. The number of ether oxygens (including phenoxy) is 1. The minimum atomic E-state index is -1.26. The number of hydrogen-bond donors (Lipinski definition) is 2. The molecule has 0 saturated carbocycles. The van der Waals surface area contributed by atoms with E-state index in [1.807, 2.05) is 4.90 Å². The Morgan fingerprint density at radius 2 is 1.84 bits per heavy atom. The number of rotatable bonds is 5. The van der Waals surface area contributed by atoms with Crippen LogP contribution in [-0.2, 0) is 0 Å². The van der Waals surface area contributed by atoms with E-state index in [2.05, 4.69) is 32.3 Å². The highest BCUT2D eigenvalue weighted by Crippen LogP contribution is 2.41. The van der Waals surface area contributed by atoms with Crippen molar-refractivity contribution in [3.63, 3.8) is 0 Å². The Bertz CT molecular complexity index is 1810.